The maximum atomic E-state index is 10.7. The lowest BCUT2D eigenvalue weighted by atomic mass is 10.1. The van der Waals surface area contributed by atoms with Crippen molar-refractivity contribution in [2.24, 2.45) is 0 Å². The van der Waals surface area contributed by atoms with Crippen LogP contribution in [0, 0.1) is 0 Å². The van der Waals surface area contributed by atoms with E-state index in [4.69, 9.17) is 9.84 Å². The SMILES string of the molecule is CC(C)N(CCCC(=O)O)Cc1ccc(OCc2ccccc2)cc1. The molecule has 0 saturated heterocycles. The van der Waals surface area contributed by atoms with Crippen LogP contribution >= 0.6 is 0 Å². The van der Waals surface area contributed by atoms with Gasteiger partial charge in [0.25, 0.3) is 0 Å². The molecule has 2 aromatic carbocycles. The predicted molar refractivity (Wildman–Crippen MR) is 99.6 cm³/mol. The predicted octanol–water partition coefficient (Wildman–Crippen LogP) is 4.34. The Bertz CT molecular complexity index is 638. The molecule has 0 aliphatic heterocycles. The zero-order valence-corrected chi connectivity index (χ0v) is 15.0. The van der Waals surface area contributed by atoms with Crippen molar-refractivity contribution >= 4 is 5.97 Å². The summed E-state index contributed by atoms with van der Waals surface area (Å²) >= 11 is 0. The first-order valence-electron chi connectivity index (χ1n) is 8.76. The van der Waals surface area contributed by atoms with Crippen molar-refractivity contribution in [3.05, 3.63) is 65.7 Å². The van der Waals surface area contributed by atoms with Crippen LogP contribution in [-0.2, 0) is 17.9 Å². The van der Waals surface area contributed by atoms with Gasteiger partial charge in [-0.05, 0) is 50.1 Å². The number of aliphatic carboxylic acids is 1. The molecule has 0 saturated carbocycles. The minimum atomic E-state index is -0.733. The van der Waals surface area contributed by atoms with Gasteiger partial charge < -0.3 is 9.84 Å². The second kappa shape index (κ2) is 9.84. The molecular weight excluding hydrogens is 314 g/mol. The van der Waals surface area contributed by atoms with Crippen molar-refractivity contribution in [2.75, 3.05) is 6.54 Å². The fourth-order valence-electron chi connectivity index (χ4n) is 2.62. The second-order valence-electron chi connectivity index (χ2n) is 6.48. The number of carboxylic acids is 1. The summed E-state index contributed by atoms with van der Waals surface area (Å²) in [6, 6.07) is 18.6. The van der Waals surface area contributed by atoms with Gasteiger partial charge in [0.2, 0.25) is 0 Å². The molecule has 0 aromatic heterocycles. The van der Waals surface area contributed by atoms with E-state index in [-0.39, 0.29) is 6.42 Å². The van der Waals surface area contributed by atoms with Crippen LogP contribution < -0.4 is 4.74 Å². The van der Waals surface area contributed by atoms with E-state index in [1.807, 2.05) is 42.5 Å². The molecule has 2 aromatic rings. The van der Waals surface area contributed by atoms with Crippen LogP contribution in [0.1, 0.15) is 37.8 Å². The fraction of sp³-hybridized carbons (Fsp3) is 0.381. The smallest absolute Gasteiger partial charge is 0.303 e. The summed E-state index contributed by atoms with van der Waals surface area (Å²) in [7, 11) is 0. The Morgan fingerprint density at radius 1 is 1.04 bits per heavy atom. The van der Waals surface area contributed by atoms with Crippen LogP contribution in [0.4, 0.5) is 0 Å². The first kappa shape index (κ1) is 19.0. The van der Waals surface area contributed by atoms with Gasteiger partial charge in [-0.15, -0.1) is 0 Å². The number of benzene rings is 2. The number of rotatable bonds is 10. The van der Waals surface area contributed by atoms with E-state index in [1.54, 1.807) is 0 Å². The van der Waals surface area contributed by atoms with E-state index in [0.717, 1.165) is 24.4 Å². The molecule has 0 radical (unpaired) electrons. The molecule has 0 bridgehead atoms. The van der Waals surface area contributed by atoms with Gasteiger partial charge in [0.05, 0.1) is 0 Å². The van der Waals surface area contributed by atoms with Gasteiger partial charge in [0, 0.05) is 19.0 Å². The van der Waals surface area contributed by atoms with E-state index in [0.29, 0.717) is 19.1 Å². The monoisotopic (exact) mass is 341 g/mol. The van der Waals surface area contributed by atoms with E-state index in [1.165, 1.54) is 5.56 Å². The van der Waals surface area contributed by atoms with Crippen molar-refractivity contribution in [3.8, 4) is 5.75 Å². The van der Waals surface area contributed by atoms with Gasteiger partial charge in [0.1, 0.15) is 12.4 Å². The summed E-state index contributed by atoms with van der Waals surface area (Å²) in [4.78, 5) is 13.0. The standard InChI is InChI=1S/C21H27NO3/c1-17(2)22(14-6-9-21(23)24)15-18-10-12-20(13-11-18)25-16-19-7-4-3-5-8-19/h3-5,7-8,10-13,17H,6,9,14-16H2,1-2H3,(H,23,24). The van der Waals surface area contributed by atoms with E-state index in [9.17, 15) is 4.79 Å². The number of hydrogen-bond acceptors (Lipinski definition) is 3. The minimum absolute atomic E-state index is 0.218. The Kier molecular flexibility index (Phi) is 7.48. The summed E-state index contributed by atoms with van der Waals surface area (Å²) in [5.41, 5.74) is 2.35. The lowest BCUT2D eigenvalue weighted by Crippen LogP contribution is -2.31. The molecule has 134 valence electrons. The Morgan fingerprint density at radius 3 is 2.32 bits per heavy atom. The molecule has 4 nitrogen and oxygen atoms in total. The lowest BCUT2D eigenvalue weighted by Gasteiger charge is -2.26. The van der Waals surface area contributed by atoms with E-state index >= 15 is 0 Å². The molecule has 0 spiro atoms. The van der Waals surface area contributed by atoms with Crippen molar-refractivity contribution in [1.82, 2.24) is 4.90 Å². The van der Waals surface area contributed by atoms with Crippen molar-refractivity contribution < 1.29 is 14.6 Å². The average Bonchev–Trinajstić information content (AvgIpc) is 2.60. The molecule has 0 aliphatic carbocycles. The second-order valence-corrected chi connectivity index (χ2v) is 6.48. The Labute approximate surface area is 150 Å². The van der Waals surface area contributed by atoms with Gasteiger partial charge >= 0.3 is 5.97 Å². The topological polar surface area (TPSA) is 49.8 Å². The molecule has 0 unspecified atom stereocenters. The lowest BCUT2D eigenvalue weighted by molar-refractivity contribution is -0.137. The van der Waals surface area contributed by atoms with Crippen molar-refractivity contribution in [3.63, 3.8) is 0 Å². The highest BCUT2D eigenvalue weighted by atomic mass is 16.5. The number of nitrogens with zero attached hydrogens (tertiary/aromatic N) is 1. The quantitative estimate of drug-likeness (QED) is 0.698. The van der Waals surface area contributed by atoms with Crippen LogP contribution in [0.15, 0.2) is 54.6 Å². The third-order valence-corrected chi connectivity index (χ3v) is 4.12. The number of carbonyl (C=O) groups is 1. The molecule has 0 atom stereocenters. The first-order valence-corrected chi connectivity index (χ1v) is 8.76. The normalized spacial score (nSPS) is 11.0. The van der Waals surface area contributed by atoms with Gasteiger partial charge in [-0.3, -0.25) is 9.69 Å². The molecule has 0 fully saturated rings. The van der Waals surface area contributed by atoms with Crippen LogP contribution in [0.3, 0.4) is 0 Å². The maximum absolute atomic E-state index is 10.7. The van der Waals surface area contributed by atoms with Crippen LogP contribution in [0.5, 0.6) is 5.75 Å². The number of carboxylic acid groups (broad SMARTS) is 1. The highest BCUT2D eigenvalue weighted by molar-refractivity contribution is 5.66. The highest BCUT2D eigenvalue weighted by Crippen LogP contribution is 2.16. The molecule has 2 rings (SSSR count). The number of hydrogen-bond donors (Lipinski definition) is 1. The highest BCUT2D eigenvalue weighted by Gasteiger charge is 2.11. The maximum Gasteiger partial charge on any atom is 0.303 e. The molecule has 1 N–H and O–H groups in total. The molecular formula is C21H27NO3. The van der Waals surface area contributed by atoms with Crippen molar-refractivity contribution in [1.29, 1.82) is 0 Å². The van der Waals surface area contributed by atoms with Gasteiger partial charge in [-0.25, -0.2) is 0 Å². The van der Waals surface area contributed by atoms with Gasteiger partial charge in [-0.1, -0.05) is 42.5 Å². The summed E-state index contributed by atoms with van der Waals surface area (Å²) < 4.78 is 5.81. The Morgan fingerprint density at radius 2 is 1.72 bits per heavy atom. The van der Waals surface area contributed by atoms with Crippen LogP contribution in [0.2, 0.25) is 0 Å². The zero-order valence-electron chi connectivity index (χ0n) is 15.0. The average molecular weight is 341 g/mol. The Hall–Kier alpha value is -2.33. The summed E-state index contributed by atoms with van der Waals surface area (Å²) in [5, 5.41) is 8.79. The van der Waals surface area contributed by atoms with Crippen LogP contribution in [-0.4, -0.2) is 28.6 Å². The largest absolute Gasteiger partial charge is 0.489 e. The summed E-state index contributed by atoms with van der Waals surface area (Å²) in [6.45, 7) is 6.44. The van der Waals surface area contributed by atoms with Gasteiger partial charge in [0.15, 0.2) is 0 Å². The summed E-state index contributed by atoms with van der Waals surface area (Å²) in [5.74, 6) is 0.123. The molecule has 0 aliphatic rings. The first-order chi connectivity index (χ1) is 12.0. The number of ether oxygens (including phenoxy) is 1. The third kappa shape index (κ3) is 6.98. The zero-order chi connectivity index (χ0) is 18.1. The van der Waals surface area contributed by atoms with Gasteiger partial charge in [-0.2, -0.15) is 0 Å². The fourth-order valence-corrected chi connectivity index (χ4v) is 2.62. The minimum Gasteiger partial charge on any atom is -0.489 e. The molecule has 4 heteroatoms. The van der Waals surface area contributed by atoms with Crippen LogP contribution in [0.25, 0.3) is 0 Å². The van der Waals surface area contributed by atoms with E-state index in [2.05, 4.69) is 30.9 Å². The summed E-state index contributed by atoms with van der Waals surface area (Å²) in [6.07, 6.45) is 0.890. The molecule has 25 heavy (non-hydrogen) atoms. The Balaban J connectivity index is 1.86. The molecule has 0 heterocycles. The van der Waals surface area contributed by atoms with Crippen molar-refractivity contribution in [2.45, 2.75) is 45.9 Å². The van der Waals surface area contributed by atoms with E-state index < -0.39 is 5.97 Å². The third-order valence-electron chi connectivity index (χ3n) is 4.12. The molecule has 0 amide bonds.